The summed E-state index contributed by atoms with van der Waals surface area (Å²) in [4.78, 5) is 33.4. The third-order valence-corrected chi connectivity index (χ3v) is 4.26. The van der Waals surface area contributed by atoms with Crippen LogP contribution in [0.25, 0.3) is 11.1 Å². The summed E-state index contributed by atoms with van der Waals surface area (Å²) in [7, 11) is 0. The van der Waals surface area contributed by atoms with E-state index in [0.29, 0.717) is 10.6 Å². The lowest BCUT2D eigenvalue weighted by Gasteiger charge is -2.18. The molecule has 148 valence electrons. The molecule has 1 unspecified atom stereocenters. The van der Waals surface area contributed by atoms with Crippen molar-refractivity contribution >= 4 is 29.4 Å². The molecule has 0 radical (unpaired) electrons. The molecule has 3 N–H and O–H groups in total. The summed E-state index contributed by atoms with van der Waals surface area (Å²) >= 11 is 5.95. The van der Waals surface area contributed by atoms with Crippen molar-refractivity contribution in [3.63, 3.8) is 0 Å². The first-order valence-corrected chi connectivity index (χ1v) is 8.89. The van der Waals surface area contributed by atoms with Gasteiger partial charge in [-0.1, -0.05) is 35.9 Å². The van der Waals surface area contributed by atoms with Gasteiger partial charge in [-0.05, 0) is 41.3 Å². The number of hydrogen-bond acceptors (Lipinski definition) is 3. The Labute approximate surface area is 165 Å². The number of rotatable bonds is 9. The summed E-state index contributed by atoms with van der Waals surface area (Å²) in [6, 6.07) is 10.6. The van der Waals surface area contributed by atoms with Crippen LogP contribution in [0.3, 0.4) is 0 Å². The molecule has 8 heteroatoms. The Balaban J connectivity index is 2.13. The Hall–Kier alpha value is -2.93. The van der Waals surface area contributed by atoms with Gasteiger partial charge in [0.05, 0.1) is 12.8 Å². The van der Waals surface area contributed by atoms with Crippen molar-refractivity contribution in [2.45, 2.75) is 31.7 Å². The van der Waals surface area contributed by atoms with Gasteiger partial charge in [0.25, 0.3) is 0 Å². The maximum atomic E-state index is 14.6. The third-order valence-electron chi connectivity index (χ3n) is 4.03. The van der Waals surface area contributed by atoms with Gasteiger partial charge in [0.2, 0.25) is 5.91 Å². The Morgan fingerprint density at radius 2 is 1.71 bits per heavy atom. The smallest absolute Gasteiger partial charge is 0.305 e. The molecule has 1 atom stereocenters. The predicted molar refractivity (Wildman–Crippen MR) is 102 cm³/mol. The Morgan fingerprint density at radius 3 is 2.32 bits per heavy atom. The number of amides is 1. The van der Waals surface area contributed by atoms with Crippen LogP contribution < -0.4 is 5.32 Å². The molecule has 0 saturated carbocycles. The van der Waals surface area contributed by atoms with Crippen LogP contribution in [0.1, 0.15) is 24.8 Å². The van der Waals surface area contributed by atoms with Gasteiger partial charge >= 0.3 is 11.9 Å². The van der Waals surface area contributed by atoms with Crippen LogP contribution >= 0.6 is 11.6 Å². The van der Waals surface area contributed by atoms with Crippen LogP contribution in [0.2, 0.25) is 5.02 Å². The molecule has 0 bridgehead atoms. The zero-order valence-corrected chi connectivity index (χ0v) is 15.6. The van der Waals surface area contributed by atoms with Gasteiger partial charge in [-0.3, -0.25) is 14.4 Å². The largest absolute Gasteiger partial charge is 0.481 e. The molecule has 0 heterocycles. The zero-order valence-electron chi connectivity index (χ0n) is 14.8. The minimum atomic E-state index is -1.15. The average Bonchev–Trinajstić information content (AvgIpc) is 2.61. The van der Waals surface area contributed by atoms with E-state index in [-0.39, 0.29) is 24.8 Å². The lowest BCUT2D eigenvalue weighted by atomic mass is 9.98. The van der Waals surface area contributed by atoms with Crippen molar-refractivity contribution in [2.75, 3.05) is 0 Å². The SMILES string of the molecule is O=C(O)CCC(=O)NC(CC(=O)O)Cc1ccc(-c2cccc(Cl)c2)cc1F. The van der Waals surface area contributed by atoms with Crippen molar-refractivity contribution in [3.8, 4) is 11.1 Å². The van der Waals surface area contributed by atoms with Gasteiger partial charge in [-0.2, -0.15) is 0 Å². The molecule has 6 nitrogen and oxygen atoms in total. The van der Waals surface area contributed by atoms with Gasteiger partial charge in [0, 0.05) is 17.5 Å². The summed E-state index contributed by atoms with van der Waals surface area (Å²) in [6.07, 6.45) is -1.09. The molecular weight excluding hydrogens is 389 g/mol. The second-order valence-corrected chi connectivity index (χ2v) is 6.71. The number of nitrogens with one attached hydrogen (secondary N) is 1. The molecule has 0 aromatic heterocycles. The minimum absolute atomic E-state index is 0.0349. The summed E-state index contributed by atoms with van der Waals surface area (Å²) in [5, 5.41) is 20.6. The van der Waals surface area contributed by atoms with Crippen molar-refractivity contribution in [1.82, 2.24) is 5.32 Å². The second kappa shape index (κ2) is 9.85. The van der Waals surface area contributed by atoms with E-state index in [1.54, 1.807) is 30.3 Å². The molecule has 0 spiro atoms. The molecular formula is C20H19ClFNO5. The summed E-state index contributed by atoms with van der Waals surface area (Å²) in [5.41, 5.74) is 1.60. The standard InChI is InChI=1S/C20H19ClFNO5/c21-15-3-1-2-12(8-15)13-4-5-14(17(22)10-13)9-16(11-20(27)28)23-18(24)6-7-19(25)26/h1-5,8,10,16H,6-7,9,11H2,(H,23,24)(H,25,26)(H,27,28). The Kier molecular flexibility index (Phi) is 7.52. The number of carbonyl (C=O) groups is 3. The normalized spacial score (nSPS) is 11.6. The first-order valence-electron chi connectivity index (χ1n) is 8.52. The number of benzene rings is 2. The van der Waals surface area contributed by atoms with Gasteiger partial charge in [-0.15, -0.1) is 0 Å². The van der Waals surface area contributed by atoms with Crippen LogP contribution in [0.15, 0.2) is 42.5 Å². The maximum Gasteiger partial charge on any atom is 0.305 e. The first-order chi connectivity index (χ1) is 13.2. The number of aliphatic carboxylic acids is 2. The highest BCUT2D eigenvalue weighted by atomic mass is 35.5. The van der Waals surface area contributed by atoms with Gasteiger partial charge in [-0.25, -0.2) is 4.39 Å². The van der Waals surface area contributed by atoms with E-state index in [9.17, 15) is 18.8 Å². The number of carboxylic acids is 2. The molecule has 0 saturated heterocycles. The number of carbonyl (C=O) groups excluding carboxylic acids is 1. The molecule has 0 aliphatic rings. The van der Waals surface area contributed by atoms with Gasteiger partial charge in [0.15, 0.2) is 0 Å². The van der Waals surface area contributed by atoms with Crippen LogP contribution in [-0.4, -0.2) is 34.1 Å². The molecule has 0 aliphatic carbocycles. The Bertz CT molecular complexity index is 887. The fourth-order valence-corrected chi connectivity index (χ4v) is 2.92. The summed E-state index contributed by atoms with van der Waals surface area (Å²) in [6.45, 7) is 0. The van der Waals surface area contributed by atoms with Gasteiger partial charge in [0.1, 0.15) is 5.82 Å². The quantitative estimate of drug-likeness (QED) is 0.590. The fraction of sp³-hybridized carbons (Fsp3) is 0.250. The molecule has 0 fully saturated rings. The molecule has 1 amide bonds. The van der Waals surface area contributed by atoms with E-state index < -0.39 is 36.1 Å². The molecule has 2 aromatic carbocycles. The number of carboxylic acid groups (broad SMARTS) is 2. The van der Waals surface area contributed by atoms with E-state index >= 15 is 0 Å². The highest BCUT2D eigenvalue weighted by molar-refractivity contribution is 6.30. The van der Waals surface area contributed by atoms with Crippen molar-refractivity contribution < 1.29 is 29.0 Å². The predicted octanol–water partition coefficient (Wildman–Crippen LogP) is 3.51. The van der Waals surface area contributed by atoms with E-state index in [0.717, 1.165) is 5.56 Å². The topological polar surface area (TPSA) is 104 Å². The number of halogens is 2. The lowest BCUT2D eigenvalue weighted by Crippen LogP contribution is -2.38. The summed E-state index contributed by atoms with van der Waals surface area (Å²) in [5.74, 6) is -3.41. The maximum absolute atomic E-state index is 14.6. The van der Waals surface area contributed by atoms with Crippen LogP contribution in [-0.2, 0) is 20.8 Å². The first kappa shape index (κ1) is 21.4. The van der Waals surface area contributed by atoms with E-state index in [4.69, 9.17) is 21.8 Å². The molecule has 2 rings (SSSR count). The van der Waals surface area contributed by atoms with Crippen molar-refractivity contribution in [2.24, 2.45) is 0 Å². The molecule has 2 aromatic rings. The highest BCUT2D eigenvalue weighted by Crippen LogP contribution is 2.25. The van der Waals surface area contributed by atoms with Crippen molar-refractivity contribution in [3.05, 3.63) is 58.9 Å². The van der Waals surface area contributed by atoms with Crippen LogP contribution in [0.4, 0.5) is 4.39 Å². The average molecular weight is 408 g/mol. The monoisotopic (exact) mass is 407 g/mol. The molecule has 28 heavy (non-hydrogen) atoms. The Morgan fingerprint density at radius 1 is 1.00 bits per heavy atom. The number of hydrogen-bond donors (Lipinski definition) is 3. The van der Waals surface area contributed by atoms with Crippen LogP contribution in [0, 0.1) is 5.82 Å². The van der Waals surface area contributed by atoms with Gasteiger partial charge < -0.3 is 15.5 Å². The fourth-order valence-electron chi connectivity index (χ4n) is 2.73. The van der Waals surface area contributed by atoms with E-state index in [1.165, 1.54) is 12.1 Å². The second-order valence-electron chi connectivity index (χ2n) is 6.28. The molecule has 0 aliphatic heterocycles. The lowest BCUT2D eigenvalue weighted by molar-refractivity contribution is -0.140. The zero-order chi connectivity index (χ0) is 20.7. The minimum Gasteiger partial charge on any atom is -0.481 e. The van der Waals surface area contributed by atoms with E-state index in [2.05, 4.69) is 5.32 Å². The van der Waals surface area contributed by atoms with Crippen molar-refractivity contribution in [1.29, 1.82) is 0 Å². The van der Waals surface area contributed by atoms with Crippen LogP contribution in [0.5, 0.6) is 0 Å². The highest BCUT2D eigenvalue weighted by Gasteiger charge is 2.19. The van der Waals surface area contributed by atoms with E-state index in [1.807, 2.05) is 0 Å². The summed E-state index contributed by atoms with van der Waals surface area (Å²) < 4.78 is 14.6. The third kappa shape index (κ3) is 6.66.